The number of anilines is 2. The molecule has 6 heteroatoms. The largest absolute Gasteiger partial charge is 0.363 e. The first-order chi connectivity index (χ1) is 15.7. The van der Waals surface area contributed by atoms with Gasteiger partial charge in [0, 0.05) is 17.8 Å². The fourth-order valence-corrected chi connectivity index (χ4v) is 4.99. The minimum atomic E-state index is -0.479. The van der Waals surface area contributed by atoms with Gasteiger partial charge in [-0.3, -0.25) is 19.8 Å². The monoisotopic (exact) mass is 459 g/mol. The van der Waals surface area contributed by atoms with Crippen LogP contribution in [0, 0.1) is 0 Å². The molecule has 2 aromatic rings. The molecule has 0 aliphatic carbocycles. The zero-order valence-electron chi connectivity index (χ0n) is 19.7. The Morgan fingerprint density at radius 2 is 1.76 bits per heavy atom. The molecule has 0 spiro atoms. The van der Waals surface area contributed by atoms with Crippen LogP contribution in [0.15, 0.2) is 54.1 Å². The van der Waals surface area contributed by atoms with Crippen molar-refractivity contribution in [1.29, 1.82) is 0 Å². The smallest absolute Gasteiger partial charge is 0.270 e. The van der Waals surface area contributed by atoms with Crippen LogP contribution in [0.1, 0.15) is 51.3 Å². The van der Waals surface area contributed by atoms with Gasteiger partial charge in [0.05, 0.1) is 11.2 Å². The summed E-state index contributed by atoms with van der Waals surface area (Å²) in [5.74, 6) is -0.901. The molecule has 4 rings (SSSR count). The van der Waals surface area contributed by atoms with Crippen molar-refractivity contribution in [2.45, 2.75) is 46.6 Å². The zero-order valence-corrected chi connectivity index (χ0v) is 20.5. The van der Waals surface area contributed by atoms with E-state index < -0.39 is 11.8 Å². The van der Waals surface area contributed by atoms with Gasteiger partial charge in [-0.15, -0.1) is 0 Å². The highest BCUT2D eigenvalue weighted by molar-refractivity contribution is 7.80. The van der Waals surface area contributed by atoms with Crippen molar-refractivity contribution in [3.63, 3.8) is 0 Å². The Bertz CT molecular complexity index is 1210. The number of carbonyl (C=O) groups is 2. The molecule has 2 amide bonds. The number of hydrogen-bond donors (Lipinski definition) is 1. The lowest BCUT2D eigenvalue weighted by atomic mass is 9.88. The quantitative estimate of drug-likeness (QED) is 0.393. The predicted molar refractivity (Wildman–Crippen MR) is 139 cm³/mol. The standard InChI is InChI=1S/C27H29N3O2S/c1-6-18-8-11-20(12-9-18)30-25(32)22(24(31)28-26(30)33)15-19-10-13-23-21(14-19)17(3)16-27(4,5)29(23)7-2/h8-16H,6-7H2,1-5H3,(H,28,31,33)/b22-15-. The van der Waals surface area contributed by atoms with Crippen molar-refractivity contribution < 1.29 is 9.59 Å². The Balaban J connectivity index is 1.72. The summed E-state index contributed by atoms with van der Waals surface area (Å²) in [7, 11) is 0. The topological polar surface area (TPSA) is 52.7 Å². The highest BCUT2D eigenvalue weighted by Gasteiger charge is 2.35. The SMILES string of the molecule is CCc1ccc(N2C(=O)/C(=C\c3ccc4c(c3)C(C)=CC(C)(C)N4CC)C(=O)NC2=S)cc1. The summed E-state index contributed by atoms with van der Waals surface area (Å²) >= 11 is 5.32. The summed E-state index contributed by atoms with van der Waals surface area (Å²) in [6.45, 7) is 11.6. The minimum Gasteiger partial charge on any atom is -0.363 e. The Hall–Kier alpha value is -3.25. The molecule has 0 bridgehead atoms. The highest BCUT2D eigenvalue weighted by atomic mass is 32.1. The number of aryl methyl sites for hydroxylation is 1. The molecule has 2 heterocycles. The van der Waals surface area contributed by atoms with Gasteiger partial charge < -0.3 is 4.90 Å². The van der Waals surface area contributed by atoms with Crippen molar-refractivity contribution in [2.75, 3.05) is 16.3 Å². The maximum atomic E-state index is 13.3. The third-order valence-electron chi connectivity index (χ3n) is 6.33. The molecule has 1 saturated heterocycles. The minimum absolute atomic E-state index is 0.0632. The number of nitrogens with zero attached hydrogens (tertiary/aromatic N) is 2. The van der Waals surface area contributed by atoms with Crippen molar-refractivity contribution in [2.24, 2.45) is 0 Å². The molecular formula is C27H29N3O2S. The lowest BCUT2D eigenvalue weighted by molar-refractivity contribution is -0.122. The van der Waals surface area contributed by atoms with Crippen LogP contribution < -0.4 is 15.1 Å². The molecule has 0 aromatic heterocycles. The van der Waals surface area contributed by atoms with Crippen LogP contribution in [0.2, 0.25) is 0 Å². The molecule has 2 aliphatic rings. The number of amides is 2. The molecule has 0 atom stereocenters. The lowest BCUT2D eigenvalue weighted by Crippen LogP contribution is -2.54. The number of rotatable bonds is 4. The number of benzene rings is 2. The van der Waals surface area contributed by atoms with Crippen LogP contribution in [0.25, 0.3) is 11.6 Å². The fraction of sp³-hybridized carbons (Fsp3) is 0.296. The number of likely N-dealkylation sites (N-methyl/N-ethyl adjacent to an activating group) is 1. The molecule has 0 radical (unpaired) electrons. The van der Waals surface area contributed by atoms with E-state index >= 15 is 0 Å². The maximum Gasteiger partial charge on any atom is 0.270 e. The maximum absolute atomic E-state index is 13.3. The molecule has 0 unspecified atom stereocenters. The van der Waals surface area contributed by atoms with Gasteiger partial charge >= 0.3 is 0 Å². The first-order valence-corrected chi connectivity index (χ1v) is 11.7. The van der Waals surface area contributed by atoms with E-state index in [1.807, 2.05) is 36.4 Å². The molecular weight excluding hydrogens is 430 g/mol. The Morgan fingerprint density at radius 3 is 2.39 bits per heavy atom. The molecule has 33 heavy (non-hydrogen) atoms. The number of carbonyl (C=O) groups excluding carboxylic acids is 2. The van der Waals surface area contributed by atoms with Crippen molar-refractivity contribution in [3.05, 3.63) is 70.8 Å². The number of fused-ring (bicyclic) bond motifs is 1. The van der Waals surface area contributed by atoms with E-state index in [1.165, 1.54) is 10.5 Å². The molecule has 1 N–H and O–H groups in total. The van der Waals surface area contributed by atoms with E-state index in [0.29, 0.717) is 5.69 Å². The van der Waals surface area contributed by atoms with Gasteiger partial charge in [-0.2, -0.15) is 0 Å². The fourth-order valence-electron chi connectivity index (χ4n) is 4.71. The van der Waals surface area contributed by atoms with E-state index in [4.69, 9.17) is 12.2 Å². The Labute approximate surface area is 200 Å². The summed E-state index contributed by atoms with van der Waals surface area (Å²) in [5, 5.41) is 2.76. The van der Waals surface area contributed by atoms with Crippen LogP contribution in [0.5, 0.6) is 0 Å². The summed E-state index contributed by atoms with van der Waals surface area (Å²) in [6.07, 6.45) is 4.81. The van der Waals surface area contributed by atoms with E-state index in [0.717, 1.165) is 35.3 Å². The Morgan fingerprint density at radius 1 is 1.06 bits per heavy atom. The first kappa shape index (κ1) is 22.9. The van der Waals surface area contributed by atoms with E-state index in [1.54, 1.807) is 6.08 Å². The third kappa shape index (κ3) is 4.11. The van der Waals surface area contributed by atoms with Crippen molar-refractivity contribution in [1.82, 2.24) is 5.32 Å². The number of thiocarbonyl (C=S) groups is 1. The molecule has 1 fully saturated rings. The van der Waals surface area contributed by atoms with E-state index in [2.05, 4.69) is 57.0 Å². The van der Waals surface area contributed by atoms with Gasteiger partial charge in [-0.25, -0.2) is 0 Å². The van der Waals surface area contributed by atoms with Gasteiger partial charge in [0.25, 0.3) is 11.8 Å². The van der Waals surface area contributed by atoms with E-state index in [-0.39, 0.29) is 16.2 Å². The Kier molecular flexibility index (Phi) is 5.97. The summed E-state index contributed by atoms with van der Waals surface area (Å²) < 4.78 is 0. The van der Waals surface area contributed by atoms with Gasteiger partial charge in [-0.1, -0.05) is 31.2 Å². The average molecular weight is 460 g/mol. The van der Waals surface area contributed by atoms with Crippen molar-refractivity contribution >= 4 is 52.2 Å². The van der Waals surface area contributed by atoms with Crippen LogP contribution in [0.3, 0.4) is 0 Å². The van der Waals surface area contributed by atoms with Crippen LogP contribution in [-0.2, 0) is 16.0 Å². The summed E-state index contributed by atoms with van der Waals surface area (Å²) in [4.78, 5) is 29.8. The number of allylic oxidation sites excluding steroid dienone is 1. The summed E-state index contributed by atoms with van der Waals surface area (Å²) in [5.41, 5.74) is 6.03. The third-order valence-corrected chi connectivity index (χ3v) is 6.62. The second-order valence-electron chi connectivity index (χ2n) is 8.98. The molecule has 0 saturated carbocycles. The summed E-state index contributed by atoms with van der Waals surface area (Å²) in [6, 6.07) is 13.7. The number of nitrogens with one attached hydrogen (secondary N) is 1. The molecule has 170 valence electrons. The van der Waals surface area contributed by atoms with Crippen LogP contribution >= 0.6 is 12.2 Å². The van der Waals surface area contributed by atoms with Crippen molar-refractivity contribution in [3.8, 4) is 0 Å². The molecule has 5 nitrogen and oxygen atoms in total. The van der Waals surface area contributed by atoms with Gasteiger partial charge in [-0.05, 0) is 93.4 Å². The van der Waals surface area contributed by atoms with Crippen LogP contribution in [-0.4, -0.2) is 29.0 Å². The van der Waals surface area contributed by atoms with E-state index in [9.17, 15) is 9.59 Å². The highest BCUT2D eigenvalue weighted by Crippen LogP contribution is 2.39. The van der Waals surface area contributed by atoms with Gasteiger partial charge in [0.1, 0.15) is 5.57 Å². The lowest BCUT2D eigenvalue weighted by Gasteiger charge is -2.42. The second-order valence-corrected chi connectivity index (χ2v) is 9.37. The van der Waals surface area contributed by atoms with Gasteiger partial charge in [0.15, 0.2) is 5.11 Å². The second kappa shape index (κ2) is 8.60. The molecule has 2 aliphatic heterocycles. The van der Waals surface area contributed by atoms with Gasteiger partial charge in [0.2, 0.25) is 0 Å². The average Bonchev–Trinajstić information content (AvgIpc) is 2.77. The zero-order chi connectivity index (χ0) is 23.9. The first-order valence-electron chi connectivity index (χ1n) is 11.3. The molecule has 2 aromatic carbocycles. The number of hydrogen-bond acceptors (Lipinski definition) is 4. The normalized spacial score (nSPS) is 18.9. The van der Waals surface area contributed by atoms with Crippen LogP contribution in [0.4, 0.5) is 11.4 Å². The predicted octanol–water partition coefficient (Wildman–Crippen LogP) is 5.10.